The lowest BCUT2D eigenvalue weighted by molar-refractivity contribution is 0.264. The molecule has 2 aromatic rings. The summed E-state index contributed by atoms with van der Waals surface area (Å²) in [4.78, 5) is 4.16. The van der Waals surface area contributed by atoms with E-state index in [1.165, 1.54) is 30.3 Å². The molecule has 2 heterocycles. The van der Waals surface area contributed by atoms with Gasteiger partial charge in [0.25, 0.3) is 0 Å². The number of aromatic nitrogens is 1. The summed E-state index contributed by atoms with van der Waals surface area (Å²) in [6, 6.07) is 9.02. The number of hydrogen-bond acceptors (Lipinski definition) is 3. The average Bonchev–Trinajstić information content (AvgIpc) is 2.86. The number of ether oxygens (including phenoxy) is 1. The lowest BCUT2D eigenvalue weighted by Gasteiger charge is -2.14. The van der Waals surface area contributed by atoms with Crippen LogP contribution in [0.15, 0.2) is 30.3 Å². The predicted molar refractivity (Wildman–Crippen MR) is 73.4 cm³/mol. The van der Waals surface area contributed by atoms with Gasteiger partial charge in [-0.05, 0) is 30.3 Å². The van der Waals surface area contributed by atoms with Gasteiger partial charge in [-0.1, -0.05) is 11.6 Å². The van der Waals surface area contributed by atoms with Gasteiger partial charge in [0.15, 0.2) is 5.75 Å². The Morgan fingerprint density at radius 2 is 2.10 bits per heavy atom. The highest BCUT2D eigenvalue weighted by Gasteiger charge is 2.43. The van der Waals surface area contributed by atoms with Crippen molar-refractivity contribution in [2.24, 2.45) is 0 Å². The zero-order valence-corrected chi connectivity index (χ0v) is 11.5. The van der Waals surface area contributed by atoms with Crippen molar-refractivity contribution < 1.29 is 13.5 Å². The van der Waals surface area contributed by atoms with E-state index in [1.807, 2.05) is 6.07 Å². The van der Waals surface area contributed by atoms with E-state index < -0.39 is 12.1 Å². The second-order valence-corrected chi connectivity index (χ2v) is 5.18. The molecule has 6 heteroatoms. The van der Waals surface area contributed by atoms with Crippen LogP contribution in [0.5, 0.6) is 5.75 Å². The van der Waals surface area contributed by atoms with E-state index in [9.17, 15) is 14.0 Å². The van der Waals surface area contributed by atoms with Crippen molar-refractivity contribution >= 4 is 11.6 Å². The molecule has 1 unspecified atom stereocenters. The third kappa shape index (κ3) is 2.12. The minimum Gasteiger partial charge on any atom is -0.489 e. The standard InChI is InChI=1S/C15H9ClF2N2O/c16-12-5-11-14(21-8-15(11,6-17)7-19)13(20-12)9-1-3-10(18)4-2-9/h1-5H,6,8H2. The van der Waals surface area contributed by atoms with Crippen LogP contribution in [-0.2, 0) is 5.41 Å². The molecule has 106 valence electrons. The molecule has 0 bridgehead atoms. The van der Waals surface area contributed by atoms with E-state index in [4.69, 9.17) is 16.3 Å². The van der Waals surface area contributed by atoms with Crippen molar-refractivity contribution in [2.45, 2.75) is 5.41 Å². The van der Waals surface area contributed by atoms with Crippen LogP contribution < -0.4 is 4.74 Å². The van der Waals surface area contributed by atoms with E-state index in [2.05, 4.69) is 4.98 Å². The summed E-state index contributed by atoms with van der Waals surface area (Å²) in [6.45, 7) is -0.967. The first-order chi connectivity index (χ1) is 10.1. The summed E-state index contributed by atoms with van der Waals surface area (Å²) in [5, 5.41) is 9.40. The van der Waals surface area contributed by atoms with E-state index in [0.717, 1.165) is 0 Å². The van der Waals surface area contributed by atoms with Crippen LogP contribution in [0.3, 0.4) is 0 Å². The summed E-state index contributed by atoms with van der Waals surface area (Å²) < 4.78 is 31.8. The van der Waals surface area contributed by atoms with Crippen LogP contribution in [-0.4, -0.2) is 18.3 Å². The fraction of sp³-hybridized carbons (Fsp3) is 0.200. The Labute approximate surface area is 124 Å². The molecule has 1 aliphatic heterocycles. The topological polar surface area (TPSA) is 45.9 Å². The minimum atomic E-state index is -1.36. The van der Waals surface area contributed by atoms with Crippen LogP contribution >= 0.6 is 11.6 Å². The molecule has 0 spiro atoms. The summed E-state index contributed by atoms with van der Waals surface area (Å²) in [6.07, 6.45) is 0. The Kier molecular flexibility index (Phi) is 3.26. The second kappa shape index (κ2) is 4.97. The first kappa shape index (κ1) is 13.8. The second-order valence-electron chi connectivity index (χ2n) is 4.79. The summed E-state index contributed by atoms with van der Waals surface area (Å²) in [5.41, 5.74) is -0.0193. The highest BCUT2D eigenvalue weighted by Crippen LogP contribution is 2.45. The highest BCUT2D eigenvalue weighted by atomic mass is 35.5. The van der Waals surface area contributed by atoms with Gasteiger partial charge in [-0.2, -0.15) is 5.26 Å². The maximum absolute atomic E-state index is 13.3. The van der Waals surface area contributed by atoms with Gasteiger partial charge in [-0.3, -0.25) is 0 Å². The van der Waals surface area contributed by atoms with Gasteiger partial charge >= 0.3 is 0 Å². The third-order valence-corrected chi connectivity index (χ3v) is 3.67. The number of nitrogens with zero attached hydrogens (tertiary/aromatic N) is 2. The third-order valence-electron chi connectivity index (χ3n) is 3.48. The Hall–Kier alpha value is -2.19. The zero-order valence-electron chi connectivity index (χ0n) is 10.7. The number of hydrogen-bond donors (Lipinski definition) is 0. The molecule has 0 amide bonds. The largest absolute Gasteiger partial charge is 0.489 e. The van der Waals surface area contributed by atoms with Crippen LogP contribution in [0.25, 0.3) is 11.3 Å². The number of nitriles is 1. The van der Waals surface area contributed by atoms with E-state index in [1.54, 1.807) is 0 Å². The van der Waals surface area contributed by atoms with Crippen molar-refractivity contribution in [3.63, 3.8) is 0 Å². The molecule has 21 heavy (non-hydrogen) atoms. The average molecular weight is 307 g/mol. The van der Waals surface area contributed by atoms with E-state index in [0.29, 0.717) is 22.6 Å². The molecule has 0 saturated heterocycles. The Morgan fingerprint density at radius 3 is 2.71 bits per heavy atom. The Morgan fingerprint density at radius 1 is 1.38 bits per heavy atom. The van der Waals surface area contributed by atoms with Crippen LogP contribution in [0, 0.1) is 17.1 Å². The van der Waals surface area contributed by atoms with Gasteiger partial charge < -0.3 is 4.74 Å². The number of rotatable bonds is 2. The fourth-order valence-corrected chi connectivity index (χ4v) is 2.51. The molecule has 3 nitrogen and oxygen atoms in total. The van der Waals surface area contributed by atoms with Crippen LogP contribution in [0.2, 0.25) is 5.15 Å². The quantitative estimate of drug-likeness (QED) is 0.795. The molecule has 1 atom stereocenters. The molecule has 0 fully saturated rings. The Balaban J connectivity index is 2.22. The molecule has 1 aromatic carbocycles. The van der Waals surface area contributed by atoms with Crippen molar-refractivity contribution in [1.29, 1.82) is 5.26 Å². The maximum atomic E-state index is 13.3. The SMILES string of the molecule is N#CC1(CF)COc2c1cc(Cl)nc2-c1ccc(F)cc1. The first-order valence-electron chi connectivity index (χ1n) is 6.16. The molecule has 0 aliphatic carbocycles. The van der Waals surface area contributed by atoms with Crippen LogP contribution in [0.4, 0.5) is 8.78 Å². The van der Waals surface area contributed by atoms with Crippen molar-refractivity contribution in [3.8, 4) is 23.1 Å². The van der Waals surface area contributed by atoms with Gasteiger partial charge in [0.1, 0.15) is 35.4 Å². The number of alkyl halides is 1. The van der Waals surface area contributed by atoms with Crippen molar-refractivity contribution in [1.82, 2.24) is 4.98 Å². The summed E-state index contributed by atoms with van der Waals surface area (Å²) in [5.74, 6) is -0.0568. The molecule has 0 N–H and O–H groups in total. The van der Waals surface area contributed by atoms with Gasteiger partial charge in [-0.25, -0.2) is 13.8 Å². The monoisotopic (exact) mass is 306 g/mol. The van der Waals surface area contributed by atoms with Crippen molar-refractivity contribution in [3.05, 3.63) is 46.9 Å². The smallest absolute Gasteiger partial charge is 0.150 e. The molecule has 1 aromatic heterocycles. The highest BCUT2D eigenvalue weighted by molar-refractivity contribution is 6.29. The molecule has 3 rings (SSSR count). The number of benzene rings is 1. The summed E-state index contributed by atoms with van der Waals surface area (Å²) in [7, 11) is 0. The molecular weight excluding hydrogens is 298 g/mol. The lowest BCUT2D eigenvalue weighted by Crippen LogP contribution is -2.28. The normalized spacial score (nSPS) is 19.7. The maximum Gasteiger partial charge on any atom is 0.150 e. The predicted octanol–water partition coefficient (Wildman–Crippen LogP) is 3.66. The van der Waals surface area contributed by atoms with Crippen molar-refractivity contribution in [2.75, 3.05) is 13.3 Å². The number of fused-ring (bicyclic) bond motifs is 1. The molecule has 0 saturated carbocycles. The Bertz CT molecular complexity index is 743. The van der Waals surface area contributed by atoms with Gasteiger partial charge in [-0.15, -0.1) is 0 Å². The first-order valence-corrected chi connectivity index (χ1v) is 6.54. The molecule has 1 aliphatic rings. The van der Waals surface area contributed by atoms with E-state index >= 15 is 0 Å². The van der Waals surface area contributed by atoms with Gasteiger partial charge in [0.2, 0.25) is 0 Å². The molecular formula is C15H9ClF2N2O. The fourth-order valence-electron chi connectivity index (χ4n) is 2.31. The minimum absolute atomic E-state index is 0.0917. The van der Waals surface area contributed by atoms with Gasteiger partial charge in [0, 0.05) is 11.1 Å². The lowest BCUT2D eigenvalue weighted by atomic mass is 9.85. The van der Waals surface area contributed by atoms with E-state index in [-0.39, 0.29) is 17.6 Å². The van der Waals surface area contributed by atoms with Crippen LogP contribution in [0.1, 0.15) is 5.56 Å². The number of pyridine rings is 1. The zero-order chi connectivity index (χ0) is 15.0. The molecule has 0 radical (unpaired) electrons. The van der Waals surface area contributed by atoms with Gasteiger partial charge in [0.05, 0.1) is 6.07 Å². The number of halogens is 3. The summed E-state index contributed by atoms with van der Waals surface area (Å²) >= 11 is 5.98.